The van der Waals surface area contributed by atoms with Crippen LogP contribution in [0.5, 0.6) is 5.88 Å². The van der Waals surface area contributed by atoms with Crippen LogP contribution in [0.3, 0.4) is 0 Å². The van der Waals surface area contributed by atoms with Gasteiger partial charge in [0.05, 0.1) is 7.11 Å². The molecule has 0 saturated heterocycles. The van der Waals surface area contributed by atoms with E-state index in [1.807, 2.05) is 32.4 Å². The highest BCUT2D eigenvalue weighted by atomic mass is 16.5. The van der Waals surface area contributed by atoms with E-state index in [-0.39, 0.29) is 0 Å². The lowest BCUT2D eigenvalue weighted by Crippen LogP contribution is -2.21. The van der Waals surface area contributed by atoms with Crippen LogP contribution in [0, 0.1) is 0 Å². The van der Waals surface area contributed by atoms with Crippen LogP contribution >= 0.6 is 0 Å². The molecule has 3 heterocycles. The molecule has 3 aromatic rings. The number of H-pyrrole nitrogens is 1. The zero-order valence-electron chi connectivity index (χ0n) is 13.5. The van der Waals surface area contributed by atoms with E-state index in [9.17, 15) is 0 Å². The number of pyridine rings is 1. The third-order valence-electron chi connectivity index (χ3n) is 3.51. The van der Waals surface area contributed by atoms with E-state index < -0.39 is 0 Å². The molecule has 0 unspecified atom stereocenters. The van der Waals surface area contributed by atoms with E-state index in [0.717, 1.165) is 35.5 Å². The smallest absolute Gasteiger partial charge is 0.240 e. The monoisotopic (exact) mass is 312 g/mol. The van der Waals surface area contributed by atoms with Crippen LogP contribution in [0.4, 0.5) is 5.82 Å². The van der Waals surface area contributed by atoms with E-state index >= 15 is 0 Å². The number of fused-ring (bicyclic) bond motifs is 1. The Morgan fingerprint density at radius 2 is 2.09 bits per heavy atom. The maximum Gasteiger partial charge on any atom is 0.240 e. The average Bonchev–Trinajstić information content (AvgIpc) is 3.02. The minimum absolute atomic E-state index is 0.500. The highest BCUT2D eigenvalue weighted by Gasteiger charge is 2.14. The molecule has 0 aliphatic carbocycles. The molecule has 23 heavy (non-hydrogen) atoms. The first-order valence-electron chi connectivity index (χ1n) is 7.41. The molecule has 2 N–H and O–H groups in total. The number of nitrogens with zero attached hydrogens (tertiary/aromatic N) is 4. The van der Waals surface area contributed by atoms with Crippen molar-refractivity contribution in [2.75, 3.05) is 39.6 Å². The van der Waals surface area contributed by atoms with Crippen LogP contribution in [0.2, 0.25) is 0 Å². The predicted molar refractivity (Wildman–Crippen MR) is 90.7 cm³/mol. The average molecular weight is 312 g/mol. The number of aromatic amines is 1. The molecule has 0 fully saturated rings. The van der Waals surface area contributed by atoms with Crippen LogP contribution in [0.15, 0.2) is 30.7 Å². The molecule has 0 saturated carbocycles. The molecule has 0 amide bonds. The standard InChI is InChI=1S/C16H20N6O/c1-22(2)9-8-17-13-10-12(11-4-5-19-15(11)21-13)14-16(23-3)20-7-6-18-14/h4-7,10H,8-9H2,1-3H3,(H2,17,19,21). The minimum Gasteiger partial charge on any atom is -0.479 e. The highest BCUT2D eigenvalue weighted by Crippen LogP contribution is 2.32. The van der Waals surface area contributed by atoms with E-state index in [1.54, 1.807) is 19.5 Å². The molecule has 0 atom stereocenters. The van der Waals surface area contributed by atoms with E-state index in [4.69, 9.17) is 4.74 Å². The molecule has 120 valence electrons. The van der Waals surface area contributed by atoms with Gasteiger partial charge in [-0.3, -0.25) is 0 Å². The van der Waals surface area contributed by atoms with E-state index in [0.29, 0.717) is 11.6 Å². The molecule has 3 rings (SSSR count). The maximum atomic E-state index is 5.35. The second-order valence-corrected chi connectivity index (χ2v) is 5.44. The molecule has 0 spiro atoms. The Bertz CT molecular complexity index is 798. The van der Waals surface area contributed by atoms with Gasteiger partial charge in [-0.05, 0) is 26.2 Å². The van der Waals surface area contributed by atoms with Crippen molar-refractivity contribution in [3.63, 3.8) is 0 Å². The van der Waals surface area contributed by atoms with Crippen LogP contribution in [0.25, 0.3) is 22.3 Å². The SMILES string of the molecule is COc1nccnc1-c1cc(NCCN(C)C)nc2[nH]ccc12. The number of rotatable bonds is 6. The fourth-order valence-corrected chi connectivity index (χ4v) is 2.39. The topological polar surface area (TPSA) is 79.0 Å². The summed E-state index contributed by atoms with van der Waals surface area (Å²) in [6, 6.07) is 3.97. The Balaban J connectivity index is 2.03. The second-order valence-electron chi connectivity index (χ2n) is 5.44. The van der Waals surface area contributed by atoms with Crippen molar-refractivity contribution in [1.29, 1.82) is 0 Å². The summed E-state index contributed by atoms with van der Waals surface area (Å²) in [5, 5.41) is 4.33. The van der Waals surface area contributed by atoms with Crippen LogP contribution < -0.4 is 10.1 Å². The third-order valence-corrected chi connectivity index (χ3v) is 3.51. The van der Waals surface area contributed by atoms with Gasteiger partial charge in [-0.1, -0.05) is 0 Å². The molecule has 0 bridgehead atoms. The Morgan fingerprint density at radius 3 is 2.87 bits per heavy atom. The number of anilines is 1. The first-order chi connectivity index (χ1) is 11.2. The number of hydrogen-bond acceptors (Lipinski definition) is 6. The number of ether oxygens (including phenoxy) is 1. The number of hydrogen-bond donors (Lipinski definition) is 2. The quantitative estimate of drug-likeness (QED) is 0.725. The number of likely N-dealkylation sites (N-methyl/N-ethyl adjacent to an activating group) is 1. The molecule has 0 aliphatic rings. The summed E-state index contributed by atoms with van der Waals surface area (Å²) in [7, 11) is 5.68. The summed E-state index contributed by atoms with van der Waals surface area (Å²) in [5.74, 6) is 1.30. The van der Waals surface area contributed by atoms with Crippen molar-refractivity contribution >= 4 is 16.9 Å². The number of methoxy groups -OCH3 is 1. The summed E-state index contributed by atoms with van der Waals surface area (Å²) in [6.07, 6.45) is 5.15. The van der Waals surface area contributed by atoms with E-state index in [1.165, 1.54) is 0 Å². The van der Waals surface area contributed by atoms with Crippen molar-refractivity contribution in [2.24, 2.45) is 0 Å². The Labute approximate surface area is 134 Å². The fraction of sp³-hybridized carbons (Fsp3) is 0.312. The Hall–Kier alpha value is -2.67. The summed E-state index contributed by atoms with van der Waals surface area (Å²) >= 11 is 0. The lowest BCUT2D eigenvalue weighted by Gasteiger charge is -2.13. The Morgan fingerprint density at radius 1 is 1.26 bits per heavy atom. The lowest BCUT2D eigenvalue weighted by molar-refractivity contribution is 0.398. The highest BCUT2D eigenvalue weighted by molar-refractivity contribution is 5.94. The van der Waals surface area contributed by atoms with Crippen molar-refractivity contribution in [1.82, 2.24) is 24.8 Å². The van der Waals surface area contributed by atoms with Gasteiger partial charge in [0, 0.05) is 42.6 Å². The van der Waals surface area contributed by atoms with Gasteiger partial charge in [-0.15, -0.1) is 0 Å². The van der Waals surface area contributed by atoms with Crippen LogP contribution in [-0.4, -0.2) is 59.1 Å². The van der Waals surface area contributed by atoms with Crippen LogP contribution in [0.1, 0.15) is 0 Å². The van der Waals surface area contributed by atoms with Crippen LogP contribution in [-0.2, 0) is 0 Å². The summed E-state index contributed by atoms with van der Waals surface area (Å²) < 4.78 is 5.35. The molecule has 7 heteroatoms. The summed E-state index contributed by atoms with van der Waals surface area (Å²) in [6.45, 7) is 1.73. The molecular formula is C16H20N6O. The van der Waals surface area contributed by atoms with Crippen molar-refractivity contribution in [2.45, 2.75) is 0 Å². The molecule has 0 radical (unpaired) electrons. The van der Waals surface area contributed by atoms with Crippen molar-refractivity contribution in [3.05, 3.63) is 30.7 Å². The summed E-state index contributed by atoms with van der Waals surface area (Å²) in [4.78, 5) is 18.5. The van der Waals surface area contributed by atoms with E-state index in [2.05, 4.69) is 30.2 Å². The maximum absolute atomic E-state index is 5.35. The molecular weight excluding hydrogens is 292 g/mol. The van der Waals surface area contributed by atoms with Crippen molar-refractivity contribution in [3.8, 4) is 17.1 Å². The number of aromatic nitrogens is 4. The number of nitrogens with one attached hydrogen (secondary N) is 2. The van der Waals surface area contributed by atoms with Gasteiger partial charge in [-0.25, -0.2) is 15.0 Å². The Kier molecular flexibility index (Phi) is 4.38. The third kappa shape index (κ3) is 3.24. The molecule has 0 aliphatic heterocycles. The molecule has 3 aromatic heterocycles. The predicted octanol–water partition coefficient (Wildman–Crippen LogP) is 2.00. The lowest BCUT2D eigenvalue weighted by atomic mass is 10.1. The largest absolute Gasteiger partial charge is 0.479 e. The summed E-state index contributed by atoms with van der Waals surface area (Å²) in [5.41, 5.74) is 2.45. The molecule has 0 aromatic carbocycles. The first kappa shape index (κ1) is 15.2. The first-order valence-corrected chi connectivity index (χ1v) is 7.41. The minimum atomic E-state index is 0.500. The fourth-order valence-electron chi connectivity index (χ4n) is 2.39. The van der Waals surface area contributed by atoms with Gasteiger partial charge in [0.2, 0.25) is 5.88 Å². The zero-order valence-corrected chi connectivity index (χ0v) is 13.5. The van der Waals surface area contributed by atoms with Gasteiger partial charge in [-0.2, -0.15) is 0 Å². The van der Waals surface area contributed by atoms with Gasteiger partial charge in [0.1, 0.15) is 17.2 Å². The van der Waals surface area contributed by atoms with Gasteiger partial charge >= 0.3 is 0 Å². The van der Waals surface area contributed by atoms with Gasteiger partial charge in [0.25, 0.3) is 0 Å². The molecule has 7 nitrogen and oxygen atoms in total. The van der Waals surface area contributed by atoms with Crippen molar-refractivity contribution < 1.29 is 4.74 Å². The van der Waals surface area contributed by atoms with Gasteiger partial charge in [0.15, 0.2) is 0 Å². The van der Waals surface area contributed by atoms with Gasteiger partial charge < -0.3 is 19.9 Å². The normalized spacial score (nSPS) is 11.1. The second kappa shape index (κ2) is 6.62. The zero-order chi connectivity index (χ0) is 16.2.